The van der Waals surface area contributed by atoms with Crippen molar-refractivity contribution in [3.63, 3.8) is 0 Å². The first-order valence-electron chi connectivity index (χ1n) is 8.43. The van der Waals surface area contributed by atoms with Crippen LogP contribution in [0, 0.1) is 12.8 Å². The molecule has 126 valence electrons. The molecule has 1 saturated carbocycles. The molecule has 1 heterocycles. The number of fused-ring (bicyclic) bond motifs is 3. The van der Waals surface area contributed by atoms with Gasteiger partial charge in [-0.1, -0.05) is 36.2 Å². The lowest BCUT2D eigenvalue weighted by molar-refractivity contribution is -0.195. The molecule has 4 nitrogen and oxygen atoms in total. The van der Waals surface area contributed by atoms with Gasteiger partial charge in [0.05, 0.1) is 18.1 Å². The molecule has 5 heteroatoms. The van der Waals surface area contributed by atoms with Crippen molar-refractivity contribution in [3.05, 3.63) is 59.2 Å². The number of hydrogen-bond acceptors (Lipinski definition) is 5. The van der Waals surface area contributed by atoms with Gasteiger partial charge in [-0.05, 0) is 60.9 Å². The van der Waals surface area contributed by atoms with Crippen LogP contribution in [0.1, 0.15) is 47.9 Å². The number of nitrogens with one attached hydrogen (secondary N) is 1. The molecular weight excluding hydrogens is 320 g/mol. The van der Waals surface area contributed by atoms with Crippen LogP contribution in [0.4, 0.5) is 5.69 Å². The molecule has 0 saturated heterocycles. The van der Waals surface area contributed by atoms with E-state index in [4.69, 9.17) is 10.2 Å². The first kappa shape index (κ1) is 16.0. The zero-order chi connectivity index (χ0) is 16.5. The summed E-state index contributed by atoms with van der Waals surface area (Å²) in [6, 6.07) is 15.7. The Hall–Kier alpha value is -1.53. The minimum absolute atomic E-state index is 0.396. The molecule has 1 aliphatic heterocycles. The van der Waals surface area contributed by atoms with Crippen molar-refractivity contribution in [1.29, 1.82) is 0 Å². The second-order valence-electron chi connectivity index (χ2n) is 6.73. The van der Waals surface area contributed by atoms with Crippen LogP contribution in [-0.2, 0) is 9.32 Å². The summed E-state index contributed by atoms with van der Waals surface area (Å²) >= 11 is 1.15. The van der Waals surface area contributed by atoms with Crippen molar-refractivity contribution in [1.82, 2.24) is 0 Å². The van der Waals surface area contributed by atoms with Gasteiger partial charge in [-0.15, -0.1) is 9.32 Å². The Balaban J connectivity index is 1.67. The third-order valence-electron chi connectivity index (χ3n) is 5.34. The molecule has 0 spiro atoms. The molecule has 3 N–H and O–H groups in total. The molecule has 0 bridgehead atoms. The molecule has 1 fully saturated rings. The fraction of sp³-hybridized carbons (Fsp3) is 0.368. The number of rotatable bonds is 4. The Bertz CT molecular complexity index is 720. The van der Waals surface area contributed by atoms with Crippen molar-refractivity contribution >= 4 is 17.7 Å². The smallest absolute Gasteiger partial charge is 0.0702 e. The van der Waals surface area contributed by atoms with Crippen LogP contribution >= 0.6 is 12.0 Å². The minimum atomic E-state index is 0.396. The Morgan fingerprint density at radius 2 is 1.96 bits per heavy atom. The molecule has 2 aliphatic rings. The summed E-state index contributed by atoms with van der Waals surface area (Å²) in [5.74, 6) is 6.19. The molecule has 1 aliphatic carbocycles. The maximum Gasteiger partial charge on any atom is 0.0702 e. The number of aryl methyl sites for hydroxylation is 1. The van der Waals surface area contributed by atoms with Gasteiger partial charge in [-0.2, -0.15) is 5.90 Å². The summed E-state index contributed by atoms with van der Waals surface area (Å²) in [5, 5.41) is 3.78. The van der Waals surface area contributed by atoms with Gasteiger partial charge >= 0.3 is 0 Å². The molecule has 3 atom stereocenters. The van der Waals surface area contributed by atoms with Gasteiger partial charge in [0.2, 0.25) is 0 Å². The van der Waals surface area contributed by atoms with E-state index in [0.717, 1.165) is 16.9 Å². The lowest BCUT2D eigenvalue weighted by Crippen LogP contribution is -2.28. The van der Waals surface area contributed by atoms with Crippen LogP contribution in [0.15, 0.2) is 47.4 Å². The largest absolute Gasteiger partial charge is 0.378 e. The van der Waals surface area contributed by atoms with Crippen molar-refractivity contribution in [3.8, 4) is 0 Å². The van der Waals surface area contributed by atoms with Crippen LogP contribution in [0.25, 0.3) is 0 Å². The van der Waals surface area contributed by atoms with Crippen molar-refractivity contribution < 1.29 is 9.32 Å². The molecule has 0 aromatic heterocycles. The van der Waals surface area contributed by atoms with Crippen molar-refractivity contribution in [2.45, 2.75) is 43.0 Å². The Kier molecular flexibility index (Phi) is 4.50. The Morgan fingerprint density at radius 1 is 1.12 bits per heavy atom. The van der Waals surface area contributed by atoms with E-state index in [0.29, 0.717) is 17.9 Å². The van der Waals surface area contributed by atoms with Crippen molar-refractivity contribution in [2.75, 3.05) is 5.32 Å². The van der Waals surface area contributed by atoms with Gasteiger partial charge in [0.15, 0.2) is 0 Å². The zero-order valence-corrected chi connectivity index (χ0v) is 14.5. The van der Waals surface area contributed by atoms with Gasteiger partial charge in [-0.3, -0.25) is 0 Å². The minimum Gasteiger partial charge on any atom is -0.378 e. The van der Waals surface area contributed by atoms with Crippen LogP contribution in [0.2, 0.25) is 0 Å². The summed E-state index contributed by atoms with van der Waals surface area (Å²) in [6.45, 7) is 2.14. The molecule has 2 aromatic carbocycles. The average Bonchev–Trinajstić information content (AvgIpc) is 3.10. The second-order valence-corrected chi connectivity index (χ2v) is 7.50. The Morgan fingerprint density at radius 3 is 2.75 bits per heavy atom. The maximum atomic E-state index is 4.94. The fourth-order valence-electron chi connectivity index (χ4n) is 4.24. The van der Waals surface area contributed by atoms with Crippen LogP contribution < -0.4 is 11.2 Å². The van der Waals surface area contributed by atoms with E-state index in [2.05, 4.69) is 53.6 Å². The highest BCUT2D eigenvalue weighted by Gasteiger charge is 2.40. The highest BCUT2D eigenvalue weighted by atomic mass is 32.2. The molecule has 24 heavy (non-hydrogen) atoms. The van der Waals surface area contributed by atoms with E-state index in [1.807, 2.05) is 6.07 Å². The van der Waals surface area contributed by atoms with E-state index >= 15 is 0 Å². The van der Waals surface area contributed by atoms with Gasteiger partial charge in [0.1, 0.15) is 0 Å². The first-order chi connectivity index (χ1) is 11.8. The number of benzene rings is 2. The third-order valence-corrected chi connectivity index (χ3v) is 5.93. The van der Waals surface area contributed by atoms with Gasteiger partial charge < -0.3 is 5.32 Å². The van der Waals surface area contributed by atoms with Gasteiger partial charge in [-0.25, -0.2) is 0 Å². The quantitative estimate of drug-likeness (QED) is 0.471. The number of anilines is 1. The van der Waals surface area contributed by atoms with E-state index in [9.17, 15) is 0 Å². The fourth-order valence-corrected chi connectivity index (χ4v) is 4.66. The van der Waals surface area contributed by atoms with E-state index < -0.39 is 0 Å². The third kappa shape index (κ3) is 2.93. The summed E-state index contributed by atoms with van der Waals surface area (Å²) in [6.07, 6.45) is 3.82. The second kappa shape index (κ2) is 6.76. The SMILES string of the molecule is Cc1ccc([C@@H]2Nc3ccc(SOON)cc3[C@@H]3CCC[C@@H]32)cc1. The summed E-state index contributed by atoms with van der Waals surface area (Å²) in [4.78, 5) is 5.22. The van der Waals surface area contributed by atoms with E-state index in [1.165, 1.54) is 41.6 Å². The Labute approximate surface area is 146 Å². The molecule has 0 radical (unpaired) electrons. The molecule has 0 unspecified atom stereocenters. The highest BCUT2D eigenvalue weighted by molar-refractivity contribution is 7.94. The lowest BCUT2D eigenvalue weighted by atomic mass is 9.77. The maximum absolute atomic E-state index is 4.94. The number of nitrogens with two attached hydrogens (primary N) is 1. The lowest BCUT2D eigenvalue weighted by Gasteiger charge is -2.38. The highest BCUT2D eigenvalue weighted by Crippen LogP contribution is 2.53. The van der Waals surface area contributed by atoms with Crippen LogP contribution in [-0.4, -0.2) is 0 Å². The predicted molar refractivity (Wildman–Crippen MR) is 96.3 cm³/mol. The van der Waals surface area contributed by atoms with E-state index in [1.54, 1.807) is 0 Å². The van der Waals surface area contributed by atoms with Gasteiger partial charge in [0, 0.05) is 10.6 Å². The summed E-state index contributed by atoms with van der Waals surface area (Å²) in [7, 11) is 0. The monoisotopic (exact) mass is 342 g/mol. The van der Waals surface area contributed by atoms with Crippen LogP contribution in [0.3, 0.4) is 0 Å². The molecule has 4 rings (SSSR count). The zero-order valence-electron chi connectivity index (χ0n) is 13.7. The van der Waals surface area contributed by atoms with Crippen LogP contribution in [0.5, 0.6) is 0 Å². The summed E-state index contributed by atoms with van der Waals surface area (Å²) in [5.41, 5.74) is 5.33. The molecule has 2 aromatic rings. The first-order valence-corrected chi connectivity index (χ1v) is 9.17. The van der Waals surface area contributed by atoms with Gasteiger partial charge in [0.25, 0.3) is 0 Å². The molecule has 0 amide bonds. The standard InChI is InChI=1S/C19H22N2O2S/c1-12-5-7-13(8-6-12)19-16-4-2-3-15(16)17-11-14(24-23-22-20)9-10-18(17)21-19/h5-11,15-16,19,21H,2-4,20H2,1H3/t15-,16+,19+/m1/s1. The van der Waals surface area contributed by atoms with Crippen molar-refractivity contribution in [2.24, 2.45) is 11.8 Å². The number of hydrogen-bond donors (Lipinski definition) is 2. The molecular formula is C19H22N2O2S. The van der Waals surface area contributed by atoms with E-state index in [-0.39, 0.29) is 0 Å². The topological polar surface area (TPSA) is 56.5 Å². The summed E-state index contributed by atoms with van der Waals surface area (Å²) < 4.78 is 4.80. The predicted octanol–water partition coefficient (Wildman–Crippen LogP) is 4.87. The normalized spacial score (nSPS) is 25.0. The average molecular weight is 342 g/mol.